The van der Waals surface area contributed by atoms with Crippen LogP contribution in [-0.2, 0) is 6.54 Å². The van der Waals surface area contributed by atoms with Crippen molar-refractivity contribution in [3.8, 4) is 0 Å². The summed E-state index contributed by atoms with van der Waals surface area (Å²) in [5.74, 6) is 0.220. The molecule has 0 aromatic heterocycles. The van der Waals surface area contributed by atoms with E-state index in [0.29, 0.717) is 25.2 Å². The van der Waals surface area contributed by atoms with Gasteiger partial charge in [0.2, 0.25) is 0 Å². The van der Waals surface area contributed by atoms with Crippen LogP contribution in [0.4, 0.5) is 11.4 Å². The molecule has 1 N–H and O–H groups in total. The summed E-state index contributed by atoms with van der Waals surface area (Å²) >= 11 is 0. The maximum atomic E-state index is 10.9. The lowest BCUT2D eigenvalue weighted by molar-refractivity contribution is -0.394. The van der Waals surface area contributed by atoms with Crippen molar-refractivity contribution in [2.75, 3.05) is 19.7 Å². The molecule has 0 saturated carbocycles. The number of likely N-dealkylation sites (tertiary alicyclic amines) is 1. The predicted molar refractivity (Wildman–Crippen MR) is 65.6 cm³/mol. The third-order valence-corrected chi connectivity index (χ3v) is 3.16. The molecule has 0 aliphatic carbocycles. The van der Waals surface area contributed by atoms with E-state index in [4.69, 9.17) is 5.11 Å². The van der Waals surface area contributed by atoms with Crippen LogP contribution in [0.3, 0.4) is 0 Å². The topological polar surface area (TPSA) is 110 Å². The van der Waals surface area contributed by atoms with Gasteiger partial charge in [0.1, 0.15) is 0 Å². The lowest BCUT2D eigenvalue weighted by atomic mass is 10.00. The Labute approximate surface area is 108 Å². The second-order valence-electron chi connectivity index (χ2n) is 4.57. The monoisotopic (exact) mass is 267 g/mol. The number of hydrogen-bond acceptors (Lipinski definition) is 6. The highest BCUT2D eigenvalue weighted by Gasteiger charge is 2.28. The largest absolute Gasteiger partial charge is 0.396 e. The quantitative estimate of drug-likeness (QED) is 0.627. The molecule has 8 nitrogen and oxygen atoms in total. The van der Waals surface area contributed by atoms with Crippen LogP contribution >= 0.6 is 0 Å². The van der Waals surface area contributed by atoms with Gasteiger partial charge in [0.05, 0.1) is 15.9 Å². The zero-order valence-electron chi connectivity index (χ0n) is 10.1. The molecule has 1 fully saturated rings. The van der Waals surface area contributed by atoms with Gasteiger partial charge in [0.25, 0.3) is 11.4 Å². The molecule has 0 atom stereocenters. The second-order valence-corrected chi connectivity index (χ2v) is 4.57. The minimum Gasteiger partial charge on any atom is -0.396 e. The normalized spacial score (nSPS) is 16.1. The Bertz CT molecular complexity index is 513. The third-order valence-electron chi connectivity index (χ3n) is 3.16. The van der Waals surface area contributed by atoms with Crippen LogP contribution in [0.15, 0.2) is 18.2 Å². The van der Waals surface area contributed by atoms with Gasteiger partial charge in [-0.25, -0.2) is 0 Å². The molecule has 0 amide bonds. The van der Waals surface area contributed by atoms with Crippen molar-refractivity contribution in [1.82, 2.24) is 4.90 Å². The number of rotatable bonds is 5. The maximum absolute atomic E-state index is 10.9. The highest BCUT2D eigenvalue weighted by atomic mass is 16.6. The van der Waals surface area contributed by atoms with Gasteiger partial charge >= 0.3 is 0 Å². The molecule has 1 aromatic carbocycles. The Hall–Kier alpha value is -2.06. The maximum Gasteiger partial charge on any atom is 0.280 e. The summed E-state index contributed by atoms with van der Waals surface area (Å²) in [6.45, 7) is 1.85. The van der Waals surface area contributed by atoms with Crippen LogP contribution in [0.25, 0.3) is 0 Å². The van der Waals surface area contributed by atoms with Crippen molar-refractivity contribution >= 4 is 11.4 Å². The highest BCUT2D eigenvalue weighted by molar-refractivity contribution is 5.49. The highest BCUT2D eigenvalue weighted by Crippen LogP contribution is 2.27. The van der Waals surface area contributed by atoms with Crippen LogP contribution in [0.2, 0.25) is 0 Å². The van der Waals surface area contributed by atoms with Crippen LogP contribution in [0.1, 0.15) is 5.56 Å². The van der Waals surface area contributed by atoms with Crippen LogP contribution in [-0.4, -0.2) is 39.5 Å². The molecule has 1 aliphatic heterocycles. The first-order valence-corrected chi connectivity index (χ1v) is 5.76. The van der Waals surface area contributed by atoms with Crippen molar-refractivity contribution in [1.29, 1.82) is 0 Å². The minimum atomic E-state index is -0.651. The SMILES string of the molecule is O=[N+]([O-])c1ccc(CN2CC(CO)C2)c([N+](=O)[O-])c1. The minimum absolute atomic E-state index is 0.110. The Balaban J connectivity index is 2.16. The smallest absolute Gasteiger partial charge is 0.280 e. The number of aliphatic hydroxyl groups is 1. The van der Waals surface area contributed by atoms with Gasteiger partial charge in [-0.3, -0.25) is 25.1 Å². The van der Waals surface area contributed by atoms with Gasteiger partial charge in [-0.2, -0.15) is 0 Å². The van der Waals surface area contributed by atoms with Gasteiger partial charge in [-0.1, -0.05) is 0 Å². The van der Waals surface area contributed by atoms with E-state index in [0.717, 1.165) is 6.07 Å². The van der Waals surface area contributed by atoms with E-state index in [2.05, 4.69) is 0 Å². The van der Waals surface area contributed by atoms with Crippen molar-refractivity contribution in [3.05, 3.63) is 44.0 Å². The molecular formula is C11H13N3O5. The Morgan fingerprint density at radius 2 is 1.95 bits per heavy atom. The van der Waals surface area contributed by atoms with Crippen molar-refractivity contribution < 1.29 is 15.0 Å². The third kappa shape index (κ3) is 2.85. The fourth-order valence-electron chi connectivity index (χ4n) is 2.13. The molecule has 19 heavy (non-hydrogen) atoms. The number of benzene rings is 1. The molecular weight excluding hydrogens is 254 g/mol. The average molecular weight is 267 g/mol. The fraction of sp³-hybridized carbons (Fsp3) is 0.455. The molecule has 8 heteroatoms. The first-order chi connectivity index (χ1) is 9.01. The van der Waals surface area contributed by atoms with Gasteiger partial charge in [0.15, 0.2) is 0 Å². The van der Waals surface area contributed by atoms with Gasteiger partial charge in [-0.05, 0) is 6.07 Å². The van der Waals surface area contributed by atoms with Crippen molar-refractivity contribution in [2.45, 2.75) is 6.54 Å². The van der Waals surface area contributed by atoms with E-state index in [9.17, 15) is 20.2 Å². The number of nitrogens with zero attached hydrogens (tertiary/aromatic N) is 3. The summed E-state index contributed by atoms with van der Waals surface area (Å²) in [7, 11) is 0. The lowest BCUT2D eigenvalue weighted by Crippen LogP contribution is -2.47. The molecule has 0 bridgehead atoms. The summed E-state index contributed by atoms with van der Waals surface area (Å²) in [4.78, 5) is 22.2. The summed E-state index contributed by atoms with van der Waals surface area (Å²) in [6, 6.07) is 3.67. The number of hydrogen-bond donors (Lipinski definition) is 1. The van der Waals surface area contributed by atoms with Gasteiger partial charge in [-0.15, -0.1) is 0 Å². The first-order valence-electron chi connectivity index (χ1n) is 5.76. The molecule has 2 rings (SSSR count). The molecule has 1 aliphatic rings. The first kappa shape index (κ1) is 13.4. The summed E-state index contributed by atoms with van der Waals surface area (Å²) in [5, 5.41) is 30.4. The Morgan fingerprint density at radius 1 is 1.26 bits per heavy atom. The molecule has 0 unspecified atom stereocenters. The molecule has 1 aromatic rings. The number of non-ortho nitro benzene ring substituents is 1. The van der Waals surface area contributed by atoms with Crippen LogP contribution in [0.5, 0.6) is 0 Å². The van der Waals surface area contributed by atoms with Crippen molar-refractivity contribution in [2.24, 2.45) is 5.92 Å². The molecule has 102 valence electrons. The molecule has 1 heterocycles. The van der Waals surface area contributed by atoms with E-state index >= 15 is 0 Å². The van der Waals surface area contributed by atoms with E-state index in [1.165, 1.54) is 12.1 Å². The molecule has 0 spiro atoms. The molecule has 0 radical (unpaired) electrons. The van der Waals surface area contributed by atoms with Gasteiger partial charge < -0.3 is 5.11 Å². The van der Waals surface area contributed by atoms with E-state index in [1.807, 2.05) is 4.90 Å². The number of aliphatic hydroxyl groups excluding tert-OH is 1. The standard InChI is InChI=1S/C11H13N3O5/c15-7-8-4-12(5-8)6-9-1-2-10(13(16)17)3-11(9)14(18)19/h1-3,8,15H,4-7H2. The second kappa shape index (κ2) is 5.29. The summed E-state index contributed by atoms with van der Waals surface area (Å²) in [5.41, 5.74) is -0.0686. The Morgan fingerprint density at radius 3 is 2.47 bits per heavy atom. The number of nitro groups is 2. The average Bonchev–Trinajstić information content (AvgIpc) is 2.32. The summed E-state index contributed by atoms with van der Waals surface area (Å²) < 4.78 is 0. The lowest BCUT2D eigenvalue weighted by Gasteiger charge is -2.38. The molecule has 1 saturated heterocycles. The van der Waals surface area contributed by atoms with E-state index in [-0.39, 0.29) is 23.9 Å². The summed E-state index contributed by atoms with van der Waals surface area (Å²) in [6.07, 6.45) is 0. The van der Waals surface area contributed by atoms with Crippen LogP contribution < -0.4 is 0 Å². The predicted octanol–water partition coefficient (Wildman–Crippen LogP) is 0.927. The zero-order chi connectivity index (χ0) is 14.0. The fourth-order valence-corrected chi connectivity index (χ4v) is 2.13. The van der Waals surface area contributed by atoms with E-state index in [1.54, 1.807) is 0 Å². The number of nitro benzene ring substituents is 2. The van der Waals surface area contributed by atoms with Gasteiger partial charge in [0, 0.05) is 43.8 Å². The van der Waals surface area contributed by atoms with E-state index < -0.39 is 9.85 Å². The van der Waals surface area contributed by atoms with Crippen LogP contribution in [0, 0.1) is 26.1 Å². The zero-order valence-corrected chi connectivity index (χ0v) is 10.1. The van der Waals surface area contributed by atoms with Crippen molar-refractivity contribution in [3.63, 3.8) is 0 Å². The Kier molecular flexibility index (Phi) is 3.72.